The SMILES string of the molecule is CNc1ncc2cc(OCc3ccccc3)c(C)c(F)c2n1. The van der Waals surface area contributed by atoms with Crippen LogP contribution in [0.2, 0.25) is 0 Å². The number of aromatic nitrogens is 2. The normalized spacial score (nSPS) is 10.7. The molecule has 112 valence electrons. The third-order valence-corrected chi connectivity index (χ3v) is 3.47. The van der Waals surface area contributed by atoms with Crippen molar-refractivity contribution in [3.63, 3.8) is 0 Å². The summed E-state index contributed by atoms with van der Waals surface area (Å²) in [7, 11) is 1.70. The number of ether oxygens (including phenoxy) is 1. The van der Waals surface area contributed by atoms with Crippen LogP contribution in [-0.4, -0.2) is 17.0 Å². The number of anilines is 1. The Morgan fingerprint density at radius 1 is 1.23 bits per heavy atom. The van der Waals surface area contributed by atoms with E-state index in [1.807, 2.05) is 30.3 Å². The molecule has 5 heteroatoms. The van der Waals surface area contributed by atoms with Crippen LogP contribution in [0.15, 0.2) is 42.6 Å². The molecule has 22 heavy (non-hydrogen) atoms. The second kappa shape index (κ2) is 5.97. The highest BCUT2D eigenvalue weighted by molar-refractivity contribution is 5.82. The summed E-state index contributed by atoms with van der Waals surface area (Å²) in [6.07, 6.45) is 1.59. The van der Waals surface area contributed by atoms with Crippen LogP contribution in [0.3, 0.4) is 0 Å². The summed E-state index contributed by atoms with van der Waals surface area (Å²) in [6.45, 7) is 2.08. The molecule has 1 aromatic heterocycles. The van der Waals surface area contributed by atoms with E-state index >= 15 is 0 Å². The van der Waals surface area contributed by atoms with Crippen molar-refractivity contribution in [3.05, 3.63) is 59.5 Å². The first-order valence-electron chi connectivity index (χ1n) is 6.99. The van der Waals surface area contributed by atoms with Crippen LogP contribution in [0.4, 0.5) is 10.3 Å². The van der Waals surface area contributed by atoms with Crippen molar-refractivity contribution in [2.75, 3.05) is 12.4 Å². The van der Waals surface area contributed by atoms with E-state index < -0.39 is 0 Å². The zero-order valence-electron chi connectivity index (χ0n) is 12.4. The molecule has 0 bridgehead atoms. The lowest BCUT2D eigenvalue weighted by Gasteiger charge is -2.12. The molecule has 0 atom stereocenters. The smallest absolute Gasteiger partial charge is 0.223 e. The number of nitrogens with one attached hydrogen (secondary N) is 1. The Morgan fingerprint density at radius 3 is 2.73 bits per heavy atom. The van der Waals surface area contributed by atoms with Gasteiger partial charge in [-0.15, -0.1) is 0 Å². The van der Waals surface area contributed by atoms with Gasteiger partial charge >= 0.3 is 0 Å². The molecule has 1 heterocycles. The molecule has 0 aliphatic rings. The Labute approximate surface area is 128 Å². The van der Waals surface area contributed by atoms with Crippen LogP contribution >= 0.6 is 0 Å². The van der Waals surface area contributed by atoms with Crippen LogP contribution in [0.25, 0.3) is 10.9 Å². The van der Waals surface area contributed by atoms with E-state index in [-0.39, 0.29) is 5.82 Å². The average molecular weight is 297 g/mol. The maximum atomic E-state index is 14.5. The number of halogens is 1. The van der Waals surface area contributed by atoms with E-state index in [0.29, 0.717) is 34.8 Å². The van der Waals surface area contributed by atoms with Crippen molar-refractivity contribution in [1.29, 1.82) is 0 Å². The third kappa shape index (κ3) is 2.70. The van der Waals surface area contributed by atoms with Crippen LogP contribution in [0, 0.1) is 12.7 Å². The first-order chi connectivity index (χ1) is 10.7. The first-order valence-corrected chi connectivity index (χ1v) is 6.99. The Hall–Kier alpha value is -2.69. The van der Waals surface area contributed by atoms with Gasteiger partial charge in [0.15, 0.2) is 5.82 Å². The lowest BCUT2D eigenvalue weighted by atomic mass is 10.1. The number of fused-ring (bicyclic) bond motifs is 1. The van der Waals surface area contributed by atoms with Gasteiger partial charge in [0.2, 0.25) is 5.95 Å². The maximum absolute atomic E-state index is 14.5. The standard InChI is InChI=1S/C17H16FN3O/c1-11-14(22-10-12-6-4-3-5-7-12)8-13-9-20-17(19-2)21-16(13)15(11)18/h3-9H,10H2,1-2H3,(H,19,20,21). The molecule has 0 fully saturated rings. The van der Waals surface area contributed by atoms with Crippen LogP contribution in [0.1, 0.15) is 11.1 Å². The molecule has 0 aliphatic heterocycles. The van der Waals surface area contributed by atoms with Crippen LogP contribution in [-0.2, 0) is 6.61 Å². The van der Waals surface area contributed by atoms with Gasteiger partial charge in [-0.25, -0.2) is 14.4 Å². The van der Waals surface area contributed by atoms with E-state index in [1.54, 1.807) is 26.2 Å². The Kier molecular flexibility index (Phi) is 3.87. The number of rotatable bonds is 4. The van der Waals surface area contributed by atoms with E-state index in [9.17, 15) is 4.39 Å². The van der Waals surface area contributed by atoms with Crippen LogP contribution < -0.4 is 10.1 Å². The number of nitrogens with zero attached hydrogens (tertiary/aromatic N) is 2. The summed E-state index contributed by atoms with van der Waals surface area (Å²) in [4.78, 5) is 8.27. The van der Waals surface area contributed by atoms with Gasteiger partial charge in [0.05, 0.1) is 0 Å². The van der Waals surface area contributed by atoms with Crippen molar-refractivity contribution in [2.45, 2.75) is 13.5 Å². The summed E-state index contributed by atoms with van der Waals surface area (Å²) in [5, 5.41) is 3.42. The first kappa shape index (κ1) is 14.3. The van der Waals surface area contributed by atoms with E-state index in [4.69, 9.17) is 4.74 Å². The minimum Gasteiger partial charge on any atom is -0.489 e. The number of benzene rings is 2. The third-order valence-electron chi connectivity index (χ3n) is 3.47. The molecule has 0 saturated carbocycles. The Morgan fingerprint density at radius 2 is 2.00 bits per heavy atom. The highest BCUT2D eigenvalue weighted by atomic mass is 19.1. The molecular weight excluding hydrogens is 281 g/mol. The zero-order chi connectivity index (χ0) is 15.5. The molecule has 0 amide bonds. The van der Waals surface area contributed by atoms with Gasteiger partial charge in [-0.1, -0.05) is 30.3 Å². The molecule has 1 N–H and O–H groups in total. The summed E-state index contributed by atoms with van der Waals surface area (Å²) in [6, 6.07) is 11.5. The van der Waals surface area contributed by atoms with Crippen molar-refractivity contribution in [2.24, 2.45) is 0 Å². The van der Waals surface area contributed by atoms with Crippen molar-refractivity contribution >= 4 is 16.9 Å². The maximum Gasteiger partial charge on any atom is 0.223 e. The largest absolute Gasteiger partial charge is 0.489 e. The minimum atomic E-state index is -0.375. The van der Waals surface area contributed by atoms with Gasteiger partial charge in [-0.05, 0) is 18.6 Å². The van der Waals surface area contributed by atoms with E-state index in [0.717, 1.165) is 5.56 Å². The number of hydrogen-bond donors (Lipinski definition) is 1. The summed E-state index contributed by atoms with van der Waals surface area (Å²) in [5.41, 5.74) is 1.78. The Bertz CT molecular complexity index is 806. The lowest BCUT2D eigenvalue weighted by molar-refractivity contribution is 0.302. The molecule has 0 radical (unpaired) electrons. The van der Waals surface area contributed by atoms with Gasteiger partial charge in [-0.3, -0.25) is 0 Å². The van der Waals surface area contributed by atoms with Crippen molar-refractivity contribution in [1.82, 2.24) is 9.97 Å². The molecule has 0 unspecified atom stereocenters. The van der Waals surface area contributed by atoms with Gasteiger partial charge in [0, 0.05) is 24.2 Å². The topological polar surface area (TPSA) is 47.0 Å². The molecule has 0 aliphatic carbocycles. The van der Waals surface area contributed by atoms with E-state index in [2.05, 4.69) is 15.3 Å². The highest BCUT2D eigenvalue weighted by Gasteiger charge is 2.13. The van der Waals surface area contributed by atoms with Gasteiger partial charge in [-0.2, -0.15) is 0 Å². The Balaban J connectivity index is 1.95. The average Bonchev–Trinajstić information content (AvgIpc) is 2.57. The second-order valence-corrected chi connectivity index (χ2v) is 4.97. The molecule has 2 aromatic carbocycles. The zero-order valence-corrected chi connectivity index (χ0v) is 12.4. The predicted molar refractivity (Wildman–Crippen MR) is 84.6 cm³/mol. The summed E-state index contributed by atoms with van der Waals surface area (Å²) < 4.78 is 20.3. The molecule has 0 saturated heterocycles. The van der Waals surface area contributed by atoms with Crippen LogP contribution in [0.5, 0.6) is 5.75 Å². The summed E-state index contributed by atoms with van der Waals surface area (Å²) in [5.74, 6) is 0.526. The fraction of sp³-hybridized carbons (Fsp3) is 0.176. The fourth-order valence-electron chi connectivity index (χ4n) is 2.21. The fourth-order valence-corrected chi connectivity index (χ4v) is 2.21. The molecule has 3 rings (SSSR count). The molecule has 4 nitrogen and oxygen atoms in total. The van der Waals surface area contributed by atoms with Crippen molar-refractivity contribution in [3.8, 4) is 5.75 Å². The molecule has 0 spiro atoms. The second-order valence-electron chi connectivity index (χ2n) is 4.97. The molecular formula is C17H16FN3O. The van der Waals surface area contributed by atoms with Gasteiger partial charge in [0.1, 0.15) is 17.9 Å². The minimum absolute atomic E-state index is 0.295. The highest BCUT2D eigenvalue weighted by Crippen LogP contribution is 2.29. The van der Waals surface area contributed by atoms with Gasteiger partial charge in [0.25, 0.3) is 0 Å². The number of hydrogen-bond acceptors (Lipinski definition) is 4. The monoisotopic (exact) mass is 297 g/mol. The van der Waals surface area contributed by atoms with E-state index in [1.165, 1.54) is 0 Å². The predicted octanol–water partition coefficient (Wildman–Crippen LogP) is 3.70. The quantitative estimate of drug-likeness (QED) is 0.797. The lowest BCUT2D eigenvalue weighted by Crippen LogP contribution is -2.01. The molecule has 3 aromatic rings. The summed E-state index contributed by atoms with van der Waals surface area (Å²) >= 11 is 0. The van der Waals surface area contributed by atoms with Gasteiger partial charge < -0.3 is 10.1 Å². The van der Waals surface area contributed by atoms with Crippen molar-refractivity contribution < 1.29 is 9.13 Å².